The van der Waals surface area contributed by atoms with Crippen molar-refractivity contribution in [3.8, 4) is 0 Å². The predicted octanol–water partition coefficient (Wildman–Crippen LogP) is 0.516. The number of amides is 2. The summed E-state index contributed by atoms with van der Waals surface area (Å²) >= 11 is 0. The molecule has 1 N–H and O–H groups in total. The van der Waals surface area contributed by atoms with E-state index in [-0.39, 0.29) is 24.5 Å². The number of hydrogen-bond donors (Lipinski definition) is 1. The maximum atomic E-state index is 12.1. The van der Waals surface area contributed by atoms with Gasteiger partial charge in [-0.3, -0.25) is 14.3 Å². The number of ether oxygens (including phenoxy) is 1. The summed E-state index contributed by atoms with van der Waals surface area (Å²) in [6.07, 6.45) is 1.44. The van der Waals surface area contributed by atoms with E-state index < -0.39 is 0 Å². The van der Waals surface area contributed by atoms with Gasteiger partial charge in [-0.15, -0.1) is 0 Å². The number of carbonyl (C=O) groups is 2. The molecule has 0 aliphatic carbocycles. The molecule has 7 nitrogen and oxygen atoms in total. The van der Waals surface area contributed by atoms with Gasteiger partial charge in [0.1, 0.15) is 12.3 Å². The number of morpholine rings is 1. The van der Waals surface area contributed by atoms with Crippen molar-refractivity contribution in [1.29, 1.82) is 0 Å². The van der Waals surface area contributed by atoms with E-state index in [9.17, 15) is 9.59 Å². The first-order valence-electron chi connectivity index (χ1n) is 7.70. The van der Waals surface area contributed by atoms with Gasteiger partial charge in [0.15, 0.2) is 0 Å². The van der Waals surface area contributed by atoms with Gasteiger partial charge in [0.05, 0.1) is 6.10 Å². The predicted molar refractivity (Wildman–Crippen MR) is 81.4 cm³/mol. The Bertz CT molecular complexity index is 527. The average Bonchev–Trinajstić information content (AvgIpc) is 2.95. The zero-order valence-corrected chi connectivity index (χ0v) is 13.4. The lowest BCUT2D eigenvalue weighted by Crippen LogP contribution is -2.51. The fourth-order valence-corrected chi connectivity index (χ4v) is 2.50. The summed E-state index contributed by atoms with van der Waals surface area (Å²) in [4.78, 5) is 25.7. The topological polar surface area (TPSA) is 76.5 Å². The highest BCUT2D eigenvalue weighted by Gasteiger charge is 2.27. The van der Waals surface area contributed by atoms with Crippen LogP contribution in [0.3, 0.4) is 0 Å². The van der Waals surface area contributed by atoms with E-state index in [1.807, 2.05) is 6.92 Å². The van der Waals surface area contributed by atoms with E-state index in [4.69, 9.17) is 4.74 Å². The van der Waals surface area contributed by atoms with Gasteiger partial charge in [0.2, 0.25) is 5.91 Å². The molecule has 0 aromatic carbocycles. The second kappa shape index (κ2) is 7.40. The molecule has 0 spiro atoms. The number of aromatic nitrogens is 2. The Morgan fingerprint density at radius 2 is 2.32 bits per heavy atom. The summed E-state index contributed by atoms with van der Waals surface area (Å²) in [6.45, 7) is 8.43. The second-order valence-corrected chi connectivity index (χ2v) is 5.87. The highest BCUT2D eigenvalue weighted by Crippen LogP contribution is 2.09. The minimum atomic E-state index is -0.171. The van der Waals surface area contributed by atoms with Crippen LogP contribution in [-0.4, -0.2) is 58.8 Å². The van der Waals surface area contributed by atoms with Crippen LogP contribution in [0.25, 0.3) is 0 Å². The van der Waals surface area contributed by atoms with Gasteiger partial charge in [-0.05, 0) is 18.9 Å². The maximum Gasteiger partial charge on any atom is 0.269 e. The lowest BCUT2D eigenvalue weighted by Gasteiger charge is -2.33. The first kappa shape index (κ1) is 16.5. The van der Waals surface area contributed by atoms with Crippen LogP contribution >= 0.6 is 0 Å². The molecule has 1 aliphatic rings. The van der Waals surface area contributed by atoms with Crippen LogP contribution in [0.15, 0.2) is 12.3 Å². The van der Waals surface area contributed by atoms with Crippen molar-refractivity contribution in [2.24, 2.45) is 5.92 Å². The summed E-state index contributed by atoms with van der Waals surface area (Å²) in [7, 11) is 0. The largest absolute Gasteiger partial charge is 0.365 e. The molecule has 2 amide bonds. The first-order chi connectivity index (χ1) is 10.5. The van der Waals surface area contributed by atoms with Crippen LogP contribution in [-0.2, 0) is 16.1 Å². The van der Waals surface area contributed by atoms with Gasteiger partial charge >= 0.3 is 0 Å². The standard InChI is InChI=1S/C15H24N4O3/c1-4-19-13(5-6-17-19)15(21)16-7-12-9-18(8-11(2)3)14(20)10-22-12/h5-6,11-12H,4,7-10H2,1-3H3,(H,16,21). The Kier molecular flexibility index (Phi) is 5.54. The molecule has 1 atom stereocenters. The molecule has 122 valence electrons. The SMILES string of the molecule is CCn1nccc1C(=O)NCC1CN(CC(C)C)C(=O)CO1. The zero-order chi connectivity index (χ0) is 16.1. The molecule has 1 fully saturated rings. The fraction of sp³-hybridized carbons (Fsp3) is 0.667. The molecule has 1 unspecified atom stereocenters. The molecule has 22 heavy (non-hydrogen) atoms. The zero-order valence-electron chi connectivity index (χ0n) is 13.4. The Labute approximate surface area is 130 Å². The number of rotatable bonds is 6. The minimum Gasteiger partial charge on any atom is -0.365 e. The lowest BCUT2D eigenvalue weighted by molar-refractivity contribution is -0.149. The fourth-order valence-electron chi connectivity index (χ4n) is 2.50. The van der Waals surface area contributed by atoms with E-state index in [0.29, 0.717) is 31.2 Å². The maximum absolute atomic E-state index is 12.1. The van der Waals surface area contributed by atoms with Crippen molar-refractivity contribution in [2.45, 2.75) is 33.4 Å². The Balaban J connectivity index is 1.86. The summed E-state index contributed by atoms with van der Waals surface area (Å²) in [6, 6.07) is 1.69. The van der Waals surface area contributed by atoms with Crippen LogP contribution in [0.5, 0.6) is 0 Å². The van der Waals surface area contributed by atoms with Crippen LogP contribution < -0.4 is 5.32 Å². The Morgan fingerprint density at radius 3 is 3.00 bits per heavy atom. The van der Waals surface area contributed by atoms with Crippen LogP contribution in [0.1, 0.15) is 31.3 Å². The van der Waals surface area contributed by atoms with Crippen molar-refractivity contribution in [3.05, 3.63) is 18.0 Å². The molecule has 0 bridgehead atoms. The van der Waals surface area contributed by atoms with Gasteiger partial charge in [0.25, 0.3) is 5.91 Å². The molecule has 2 rings (SSSR count). The second-order valence-electron chi connectivity index (χ2n) is 5.87. The van der Waals surface area contributed by atoms with E-state index in [1.165, 1.54) is 0 Å². The number of aryl methyl sites for hydroxylation is 1. The van der Waals surface area contributed by atoms with Crippen molar-refractivity contribution < 1.29 is 14.3 Å². The Hall–Kier alpha value is -1.89. The molecule has 1 saturated heterocycles. The van der Waals surface area contributed by atoms with Crippen molar-refractivity contribution in [3.63, 3.8) is 0 Å². The molecule has 0 radical (unpaired) electrons. The number of hydrogen-bond acceptors (Lipinski definition) is 4. The summed E-state index contributed by atoms with van der Waals surface area (Å²) < 4.78 is 7.14. The lowest BCUT2D eigenvalue weighted by atomic mass is 10.1. The quantitative estimate of drug-likeness (QED) is 0.831. The molecule has 7 heteroatoms. The molecule has 1 aliphatic heterocycles. The van der Waals surface area contributed by atoms with Crippen LogP contribution in [0.2, 0.25) is 0 Å². The highest BCUT2D eigenvalue weighted by molar-refractivity contribution is 5.92. The average molecular weight is 308 g/mol. The summed E-state index contributed by atoms with van der Waals surface area (Å²) in [5, 5.41) is 6.93. The van der Waals surface area contributed by atoms with Crippen molar-refractivity contribution >= 4 is 11.8 Å². The van der Waals surface area contributed by atoms with Crippen molar-refractivity contribution in [1.82, 2.24) is 20.0 Å². The van der Waals surface area contributed by atoms with Gasteiger partial charge in [-0.1, -0.05) is 13.8 Å². The van der Waals surface area contributed by atoms with E-state index in [2.05, 4.69) is 24.3 Å². The smallest absolute Gasteiger partial charge is 0.269 e. The first-order valence-corrected chi connectivity index (χ1v) is 7.70. The monoisotopic (exact) mass is 308 g/mol. The van der Waals surface area contributed by atoms with Gasteiger partial charge in [-0.25, -0.2) is 0 Å². The highest BCUT2D eigenvalue weighted by atomic mass is 16.5. The molecule has 0 saturated carbocycles. The number of nitrogens with one attached hydrogen (secondary N) is 1. The van der Waals surface area contributed by atoms with Gasteiger partial charge < -0.3 is 15.0 Å². The number of carbonyl (C=O) groups excluding carboxylic acids is 2. The van der Waals surface area contributed by atoms with E-state index in [0.717, 1.165) is 6.54 Å². The normalized spacial score (nSPS) is 18.8. The number of nitrogens with zero attached hydrogens (tertiary/aromatic N) is 3. The molecular formula is C15H24N4O3. The van der Waals surface area contributed by atoms with Crippen LogP contribution in [0.4, 0.5) is 0 Å². The van der Waals surface area contributed by atoms with Crippen molar-refractivity contribution in [2.75, 3.05) is 26.2 Å². The molecule has 1 aromatic rings. The third kappa shape index (κ3) is 4.07. The van der Waals surface area contributed by atoms with Gasteiger partial charge in [0, 0.05) is 32.4 Å². The molecule has 1 aromatic heterocycles. The molecule has 2 heterocycles. The van der Waals surface area contributed by atoms with Gasteiger partial charge in [-0.2, -0.15) is 5.10 Å². The third-order valence-electron chi connectivity index (χ3n) is 3.54. The van der Waals surface area contributed by atoms with E-state index in [1.54, 1.807) is 21.8 Å². The summed E-state index contributed by atoms with van der Waals surface area (Å²) in [5.74, 6) is 0.256. The summed E-state index contributed by atoms with van der Waals surface area (Å²) in [5.41, 5.74) is 0.536. The van der Waals surface area contributed by atoms with Crippen LogP contribution in [0, 0.1) is 5.92 Å². The minimum absolute atomic E-state index is 0.0142. The molecular weight excluding hydrogens is 284 g/mol. The van der Waals surface area contributed by atoms with E-state index >= 15 is 0 Å². The Morgan fingerprint density at radius 1 is 1.55 bits per heavy atom. The third-order valence-corrected chi connectivity index (χ3v) is 3.54.